The van der Waals surface area contributed by atoms with Gasteiger partial charge in [-0.25, -0.2) is 4.68 Å². The van der Waals surface area contributed by atoms with Crippen LogP contribution < -0.4 is 5.32 Å². The molecule has 7 heteroatoms. The first-order valence-corrected chi connectivity index (χ1v) is 11.5. The Bertz CT molecular complexity index is 1380. The van der Waals surface area contributed by atoms with Crippen LogP contribution >= 0.6 is 38.9 Å². The number of carbonyl (C=O) groups is 1. The second-order valence-corrected chi connectivity index (χ2v) is 9.14. The molecule has 2 aromatic heterocycles. The van der Waals surface area contributed by atoms with E-state index >= 15 is 0 Å². The number of fused-ring (bicyclic) bond motifs is 1. The fraction of sp³-hybridized carbons (Fsp3) is 0. The molecule has 3 aromatic carbocycles. The summed E-state index contributed by atoms with van der Waals surface area (Å²) in [5, 5.41) is 8.97. The van der Waals surface area contributed by atoms with Gasteiger partial charge in [0.15, 0.2) is 0 Å². The Balaban J connectivity index is 1.68. The lowest BCUT2D eigenvalue weighted by atomic mass is 10.1. The highest BCUT2D eigenvalue weighted by atomic mass is 79.9. The SMILES string of the molecule is O=C(Nc1ccccc1)c1sc2c(c(-c3ccc(Br)cc3)nn2-c2ccccc2)c1Cl. The summed E-state index contributed by atoms with van der Waals surface area (Å²) in [5.41, 5.74) is 3.30. The number of benzene rings is 3. The number of para-hydroxylation sites is 2. The van der Waals surface area contributed by atoms with Gasteiger partial charge in [0.05, 0.1) is 16.1 Å². The van der Waals surface area contributed by atoms with Gasteiger partial charge in [0.25, 0.3) is 5.91 Å². The highest BCUT2D eigenvalue weighted by Crippen LogP contribution is 2.42. The van der Waals surface area contributed by atoms with Crippen LogP contribution in [0.3, 0.4) is 0 Å². The van der Waals surface area contributed by atoms with Crippen molar-refractivity contribution in [3.05, 3.63) is 99.3 Å². The van der Waals surface area contributed by atoms with Gasteiger partial charge in [-0.2, -0.15) is 5.10 Å². The van der Waals surface area contributed by atoms with Crippen LogP contribution in [0, 0.1) is 0 Å². The largest absolute Gasteiger partial charge is 0.321 e. The lowest BCUT2D eigenvalue weighted by Gasteiger charge is -2.05. The van der Waals surface area contributed by atoms with Crippen LogP contribution in [-0.2, 0) is 0 Å². The van der Waals surface area contributed by atoms with Gasteiger partial charge in [-0.15, -0.1) is 11.3 Å². The molecule has 1 N–H and O–H groups in total. The summed E-state index contributed by atoms with van der Waals surface area (Å²) in [5.74, 6) is -0.237. The molecule has 2 heterocycles. The lowest BCUT2D eigenvalue weighted by Crippen LogP contribution is -2.10. The summed E-state index contributed by atoms with van der Waals surface area (Å²) in [6, 6.07) is 27.1. The lowest BCUT2D eigenvalue weighted by molar-refractivity contribution is 0.103. The molecule has 1 amide bonds. The monoisotopic (exact) mass is 507 g/mol. The minimum atomic E-state index is -0.237. The van der Waals surface area contributed by atoms with E-state index in [1.165, 1.54) is 11.3 Å². The summed E-state index contributed by atoms with van der Waals surface area (Å²) < 4.78 is 2.83. The van der Waals surface area contributed by atoms with Crippen LogP contribution in [0.5, 0.6) is 0 Å². The predicted molar refractivity (Wildman–Crippen MR) is 131 cm³/mol. The number of nitrogens with one attached hydrogen (secondary N) is 1. The zero-order chi connectivity index (χ0) is 21.4. The molecule has 0 saturated carbocycles. The molecule has 0 fully saturated rings. The third-order valence-electron chi connectivity index (χ3n) is 4.82. The van der Waals surface area contributed by atoms with Crippen LogP contribution in [0.2, 0.25) is 5.02 Å². The van der Waals surface area contributed by atoms with Crippen molar-refractivity contribution in [2.75, 3.05) is 5.32 Å². The van der Waals surface area contributed by atoms with Gasteiger partial charge in [-0.3, -0.25) is 4.79 Å². The van der Waals surface area contributed by atoms with Crippen molar-refractivity contribution in [3.8, 4) is 16.9 Å². The molecule has 31 heavy (non-hydrogen) atoms. The van der Waals surface area contributed by atoms with Gasteiger partial charge < -0.3 is 5.32 Å². The van der Waals surface area contributed by atoms with Gasteiger partial charge in [0.2, 0.25) is 0 Å². The van der Waals surface area contributed by atoms with Crippen molar-refractivity contribution in [3.63, 3.8) is 0 Å². The molecule has 5 aromatic rings. The number of aromatic nitrogens is 2. The molecule has 0 saturated heterocycles. The number of carbonyl (C=O) groups excluding carboxylic acids is 1. The smallest absolute Gasteiger partial charge is 0.267 e. The van der Waals surface area contributed by atoms with Crippen molar-refractivity contribution in [1.82, 2.24) is 9.78 Å². The topological polar surface area (TPSA) is 46.9 Å². The molecule has 0 aliphatic carbocycles. The normalized spacial score (nSPS) is 11.0. The Hall–Kier alpha value is -2.93. The minimum Gasteiger partial charge on any atom is -0.321 e. The van der Waals surface area contributed by atoms with E-state index in [0.717, 1.165) is 37.3 Å². The van der Waals surface area contributed by atoms with E-state index in [2.05, 4.69) is 21.2 Å². The quantitative estimate of drug-likeness (QED) is 0.274. The van der Waals surface area contributed by atoms with Crippen LogP contribution in [0.1, 0.15) is 9.67 Å². The van der Waals surface area contributed by atoms with Crippen molar-refractivity contribution < 1.29 is 4.79 Å². The Morgan fingerprint density at radius 3 is 2.26 bits per heavy atom. The van der Waals surface area contributed by atoms with Gasteiger partial charge in [-0.1, -0.05) is 76.1 Å². The second-order valence-electron chi connectivity index (χ2n) is 6.85. The molecular formula is C24H15BrClN3OS. The summed E-state index contributed by atoms with van der Waals surface area (Å²) >= 11 is 11.6. The van der Waals surface area contributed by atoms with Crippen LogP contribution in [0.4, 0.5) is 5.69 Å². The Morgan fingerprint density at radius 1 is 0.935 bits per heavy atom. The fourth-order valence-corrected chi connectivity index (χ4v) is 5.12. The first-order chi connectivity index (χ1) is 15.1. The van der Waals surface area contributed by atoms with E-state index in [1.54, 1.807) is 0 Å². The standard InChI is InChI=1S/C24H15BrClN3OS/c25-16-13-11-15(12-14-16)21-19-20(26)22(23(30)27-17-7-3-1-4-8-17)31-24(19)29(28-21)18-9-5-2-6-10-18/h1-14H,(H,27,30). The number of rotatable bonds is 4. The molecule has 4 nitrogen and oxygen atoms in total. The van der Waals surface area contributed by atoms with E-state index in [-0.39, 0.29) is 5.91 Å². The average Bonchev–Trinajstić information content (AvgIpc) is 3.34. The first kappa shape index (κ1) is 20.0. The van der Waals surface area contributed by atoms with E-state index in [4.69, 9.17) is 16.7 Å². The maximum Gasteiger partial charge on any atom is 0.267 e. The summed E-state index contributed by atoms with van der Waals surface area (Å²) in [6.07, 6.45) is 0. The second kappa shape index (κ2) is 8.30. The summed E-state index contributed by atoms with van der Waals surface area (Å²) in [7, 11) is 0. The Kier molecular flexibility index (Phi) is 5.36. The van der Waals surface area contributed by atoms with Crippen LogP contribution in [0.15, 0.2) is 89.4 Å². The van der Waals surface area contributed by atoms with Gasteiger partial charge in [0, 0.05) is 15.7 Å². The van der Waals surface area contributed by atoms with Crippen molar-refractivity contribution in [2.45, 2.75) is 0 Å². The van der Waals surface area contributed by atoms with E-state index in [9.17, 15) is 4.79 Å². The highest BCUT2D eigenvalue weighted by Gasteiger charge is 2.25. The van der Waals surface area contributed by atoms with Crippen molar-refractivity contribution in [2.24, 2.45) is 0 Å². The molecular weight excluding hydrogens is 494 g/mol. The fourth-order valence-electron chi connectivity index (χ4n) is 3.36. The average molecular weight is 509 g/mol. The minimum absolute atomic E-state index is 0.237. The molecule has 0 aliphatic heterocycles. The molecule has 0 atom stereocenters. The predicted octanol–water partition coefficient (Wildman–Crippen LogP) is 7.42. The third kappa shape index (κ3) is 3.78. The first-order valence-electron chi connectivity index (χ1n) is 9.50. The van der Waals surface area contributed by atoms with Crippen LogP contribution in [0.25, 0.3) is 27.2 Å². The van der Waals surface area contributed by atoms with Crippen LogP contribution in [-0.4, -0.2) is 15.7 Å². The third-order valence-corrected chi connectivity index (χ3v) is 7.00. The zero-order valence-electron chi connectivity index (χ0n) is 16.0. The van der Waals surface area contributed by atoms with Gasteiger partial charge >= 0.3 is 0 Å². The number of hydrogen-bond donors (Lipinski definition) is 1. The summed E-state index contributed by atoms with van der Waals surface area (Å²) in [6.45, 7) is 0. The van der Waals surface area contributed by atoms with Crippen molar-refractivity contribution in [1.29, 1.82) is 0 Å². The number of anilines is 1. The number of hydrogen-bond acceptors (Lipinski definition) is 3. The number of halogens is 2. The van der Waals surface area contributed by atoms with E-state index in [0.29, 0.717) is 9.90 Å². The maximum atomic E-state index is 13.0. The molecule has 0 bridgehead atoms. The van der Waals surface area contributed by atoms with E-state index < -0.39 is 0 Å². The highest BCUT2D eigenvalue weighted by molar-refractivity contribution is 9.10. The Labute approximate surface area is 196 Å². The van der Waals surface area contributed by atoms with Gasteiger partial charge in [-0.05, 0) is 36.4 Å². The zero-order valence-corrected chi connectivity index (χ0v) is 19.2. The number of thiophene rings is 1. The Morgan fingerprint density at radius 2 is 1.58 bits per heavy atom. The van der Waals surface area contributed by atoms with Gasteiger partial charge in [0.1, 0.15) is 15.4 Å². The molecule has 5 rings (SSSR count). The molecule has 0 radical (unpaired) electrons. The van der Waals surface area contributed by atoms with Crippen molar-refractivity contribution >= 4 is 60.7 Å². The summed E-state index contributed by atoms with van der Waals surface area (Å²) in [4.78, 5) is 14.3. The number of amides is 1. The molecule has 0 spiro atoms. The number of nitrogens with zero attached hydrogens (tertiary/aromatic N) is 2. The van der Waals surface area contributed by atoms with E-state index in [1.807, 2.05) is 89.6 Å². The molecule has 152 valence electrons. The maximum absolute atomic E-state index is 13.0. The molecule has 0 aliphatic rings. The molecule has 0 unspecified atom stereocenters.